The second kappa shape index (κ2) is 6.19. The van der Waals surface area contributed by atoms with Gasteiger partial charge < -0.3 is 14.6 Å². The number of hydrogen-bond donors (Lipinski definition) is 1. The van der Waals surface area contributed by atoms with Crippen LogP contribution in [0.25, 0.3) is 0 Å². The van der Waals surface area contributed by atoms with Crippen LogP contribution in [-0.4, -0.2) is 35.7 Å². The highest BCUT2D eigenvalue weighted by atomic mass is 16.5. The van der Waals surface area contributed by atoms with E-state index in [1.165, 1.54) is 7.11 Å². The number of aryl methyl sites for hydroxylation is 1. The molecule has 0 aromatic carbocycles. The van der Waals surface area contributed by atoms with Gasteiger partial charge in [0.25, 0.3) is 0 Å². The van der Waals surface area contributed by atoms with Crippen molar-refractivity contribution in [2.24, 2.45) is 7.05 Å². The first-order valence-electron chi connectivity index (χ1n) is 4.97. The summed E-state index contributed by atoms with van der Waals surface area (Å²) >= 11 is 0. The predicted molar refractivity (Wildman–Crippen MR) is 56.4 cm³/mol. The number of nitrogens with zero attached hydrogens (tertiary/aromatic N) is 2. The number of imidazole rings is 1. The predicted octanol–water partition coefficient (Wildman–Crippen LogP) is 0.115. The molecule has 0 aliphatic heterocycles. The molecule has 1 aromatic rings. The average molecular weight is 211 g/mol. The molecule has 0 aliphatic rings. The quantitative estimate of drug-likeness (QED) is 0.536. The third-order valence-corrected chi connectivity index (χ3v) is 2.18. The molecule has 0 saturated heterocycles. The molecule has 0 unspecified atom stereocenters. The molecule has 1 heterocycles. The van der Waals surface area contributed by atoms with Crippen molar-refractivity contribution < 1.29 is 9.53 Å². The second-order valence-electron chi connectivity index (χ2n) is 3.28. The fraction of sp³-hybridized carbons (Fsp3) is 0.600. The Morgan fingerprint density at radius 1 is 1.60 bits per heavy atom. The summed E-state index contributed by atoms with van der Waals surface area (Å²) in [4.78, 5) is 15.0. The van der Waals surface area contributed by atoms with Crippen LogP contribution in [0.3, 0.4) is 0 Å². The van der Waals surface area contributed by atoms with Gasteiger partial charge >= 0.3 is 5.97 Å². The Hall–Kier alpha value is -1.36. The van der Waals surface area contributed by atoms with E-state index in [4.69, 9.17) is 0 Å². The van der Waals surface area contributed by atoms with E-state index in [0.717, 1.165) is 18.8 Å². The minimum Gasteiger partial charge on any atom is -0.469 e. The van der Waals surface area contributed by atoms with Crippen molar-refractivity contribution in [3.63, 3.8) is 0 Å². The zero-order chi connectivity index (χ0) is 11.1. The number of carbonyl (C=O) groups excluding carboxylic acids is 1. The smallest absolute Gasteiger partial charge is 0.306 e. The molecule has 1 rings (SSSR count). The third-order valence-electron chi connectivity index (χ3n) is 2.18. The molecule has 0 bridgehead atoms. The monoisotopic (exact) mass is 211 g/mol. The first kappa shape index (κ1) is 11.7. The van der Waals surface area contributed by atoms with Crippen LogP contribution in [0.1, 0.15) is 12.2 Å². The second-order valence-corrected chi connectivity index (χ2v) is 3.28. The van der Waals surface area contributed by atoms with Gasteiger partial charge in [-0.2, -0.15) is 0 Å². The van der Waals surface area contributed by atoms with Gasteiger partial charge in [0.1, 0.15) is 5.82 Å². The third kappa shape index (κ3) is 4.12. The number of methoxy groups -OCH3 is 1. The summed E-state index contributed by atoms with van der Waals surface area (Å²) in [6, 6.07) is 0. The fourth-order valence-corrected chi connectivity index (χ4v) is 1.26. The molecule has 0 aliphatic carbocycles. The maximum atomic E-state index is 10.8. The minimum absolute atomic E-state index is 0.181. The van der Waals surface area contributed by atoms with Gasteiger partial charge in [0.2, 0.25) is 0 Å². The van der Waals surface area contributed by atoms with Crippen LogP contribution in [0.5, 0.6) is 0 Å². The number of ether oxygens (including phenoxy) is 1. The number of aromatic nitrogens is 2. The maximum absolute atomic E-state index is 10.8. The summed E-state index contributed by atoms with van der Waals surface area (Å²) in [5, 5.41) is 3.16. The lowest BCUT2D eigenvalue weighted by atomic mass is 10.3. The van der Waals surface area contributed by atoms with Crippen LogP contribution in [0.4, 0.5) is 0 Å². The topological polar surface area (TPSA) is 56.1 Å². The highest BCUT2D eigenvalue weighted by molar-refractivity contribution is 5.69. The van der Waals surface area contributed by atoms with E-state index in [0.29, 0.717) is 13.0 Å². The van der Waals surface area contributed by atoms with Gasteiger partial charge in [0.05, 0.1) is 13.5 Å². The highest BCUT2D eigenvalue weighted by Crippen LogP contribution is 1.93. The van der Waals surface area contributed by atoms with Gasteiger partial charge in [0, 0.05) is 39.0 Å². The van der Waals surface area contributed by atoms with E-state index >= 15 is 0 Å². The van der Waals surface area contributed by atoms with Gasteiger partial charge in [-0.3, -0.25) is 4.79 Å². The van der Waals surface area contributed by atoms with Gasteiger partial charge in [-0.15, -0.1) is 0 Å². The maximum Gasteiger partial charge on any atom is 0.306 e. The summed E-state index contributed by atoms with van der Waals surface area (Å²) in [6.07, 6.45) is 4.98. The lowest BCUT2D eigenvalue weighted by molar-refractivity contribution is -0.140. The SMILES string of the molecule is COC(=O)CCNCCc1nccn1C. The van der Waals surface area contributed by atoms with Crippen molar-refractivity contribution in [1.29, 1.82) is 0 Å². The summed E-state index contributed by atoms with van der Waals surface area (Å²) in [7, 11) is 3.37. The van der Waals surface area contributed by atoms with E-state index in [-0.39, 0.29) is 5.97 Å². The molecule has 1 N–H and O–H groups in total. The Balaban J connectivity index is 2.07. The van der Waals surface area contributed by atoms with E-state index in [1.54, 1.807) is 6.20 Å². The lowest BCUT2D eigenvalue weighted by Crippen LogP contribution is -2.22. The Morgan fingerprint density at radius 3 is 3.00 bits per heavy atom. The molecule has 0 spiro atoms. The van der Waals surface area contributed by atoms with Crippen molar-refractivity contribution >= 4 is 5.97 Å². The Morgan fingerprint density at radius 2 is 2.40 bits per heavy atom. The summed E-state index contributed by atoms with van der Waals surface area (Å²) < 4.78 is 6.51. The van der Waals surface area contributed by atoms with E-state index < -0.39 is 0 Å². The zero-order valence-corrected chi connectivity index (χ0v) is 9.19. The molecule has 0 radical (unpaired) electrons. The molecule has 5 nitrogen and oxygen atoms in total. The first-order valence-corrected chi connectivity index (χ1v) is 4.97. The molecule has 0 saturated carbocycles. The van der Waals surface area contributed by atoms with Gasteiger partial charge in [-0.1, -0.05) is 0 Å². The molecule has 15 heavy (non-hydrogen) atoms. The Labute approximate surface area is 89.4 Å². The van der Waals surface area contributed by atoms with Crippen LogP contribution in [-0.2, 0) is 23.0 Å². The molecular formula is C10H17N3O2. The van der Waals surface area contributed by atoms with E-state index in [1.807, 2.05) is 17.8 Å². The number of nitrogens with one attached hydrogen (secondary N) is 1. The largest absolute Gasteiger partial charge is 0.469 e. The molecule has 0 amide bonds. The van der Waals surface area contributed by atoms with Crippen LogP contribution in [0, 0.1) is 0 Å². The number of hydrogen-bond acceptors (Lipinski definition) is 4. The Kier molecular flexibility index (Phi) is 4.83. The summed E-state index contributed by atoms with van der Waals surface area (Å²) in [5.74, 6) is 0.861. The van der Waals surface area contributed by atoms with Gasteiger partial charge in [-0.25, -0.2) is 4.98 Å². The first-order chi connectivity index (χ1) is 7.24. The van der Waals surface area contributed by atoms with E-state index in [2.05, 4.69) is 15.0 Å². The highest BCUT2D eigenvalue weighted by Gasteiger charge is 2.00. The zero-order valence-electron chi connectivity index (χ0n) is 9.19. The summed E-state index contributed by atoms with van der Waals surface area (Å²) in [6.45, 7) is 1.47. The average Bonchev–Trinajstić information content (AvgIpc) is 2.63. The van der Waals surface area contributed by atoms with Crippen molar-refractivity contribution in [1.82, 2.24) is 14.9 Å². The van der Waals surface area contributed by atoms with E-state index in [9.17, 15) is 4.79 Å². The molecule has 1 aromatic heterocycles. The van der Waals surface area contributed by atoms with Crippen molar-refractivity contribution in [3.8, 4) is 0 Å². The van der Waals surface area contributed by atoms with Crippen LogP contribution >= 0.6 is 0 Å². The number of carbonyl (C=O) groups is 1. The standard InChI is InChI=1S/C10H17N3O2/c1-13-8-7-12-9(13)3-5-11-6-4-10(14)15-2/h7-8,11H,3-6H2,1-2H3. The minimum atomic E-state index is -0.181. The summed E-state index contributed by atoms with van der Waals surface area (Å²) in [5.41, 5.74) is 0. The van der Waals surface area contributed by atoms with Crippen molar-refractivity contribution in [2.75, 3.05) is 20.2 Å². The van der Waals surface area contributed by atoms with Gasteiger partial charge in [-0.05, 0) is 0 Å². The molecule has 84 valence electrons. The molecule has 0 atom stereocenters. The number of rotatable bonds is 6. The van der Waals surface area contributed by atoms with Crippen molar-refractivity contribution in [3.05, 3.63) is 18.2 Å². The van der Waals surface area contributed by atoms with Crippen LogP contribution in [0.2, 0.25) is 0 Å². The molecule has 5 heteroatoms. The molecular weight excluding hydrogens is 194 g/mol. The Bertz CT molecular complexity index is 309. The van der Waals surface area contributed by atoms with Crippen molar-refractivity contribution in [2.45, 2.75) is 12.8 Å². The fourth-order valence-electron chi connectivity index (χ4n) is 1.26. The van der Waals surface area contributed by atoms with Gasteiger partial charge in [0.15, 0.2) is 0 Å². The normalized spacial score (nSPS) is 10.3. The van der Waals surface area contributed by atoms with Crippen LogP contribution in [0.15, 0.2) is 12.4 Å². The number of esters is 1. The lowest BCUT2D eigenvalue weighted by Gasteiger charge is -2.04. The van der Waals surface area contributed by atoms with Crippen LogP contribution < -0.4 is 5.32 Å². The molecule has 0 fully saturated rings.